The van der Waals surface area contributed by atoms with Gasteiger partial charge in [0.05, 0.1) is 20.0 Å². The maximum absolute atomic E-state index is 14.3. The van der Waals surface area contributed by atoms with Gasteiger partial charge in [0, 0.05) is 45.3 Å². The summed E-state index contributed by atoms with van der Waals surface area (Å²) in [5.74, 6) is -3.04. The second kappa shape index (κ2) is 20.0. The maximum Gasteiger partial charge on any atom is 0.333 e. The minimum atomic E-state index is -1.14. The van der Waals surface area contributed by atoms with E-state index in [1.165, 1.54) is 13.8 Å². The summed E-state index contributed by atoms with van der Waals surface area (Å²) in [7, 11) is 1.61. The number of fused-ring (bicyclic) bond motifs is 2. The molecule has 63 heavy (non-hydrogen) atoms. The van der Waals surface area contributed by atoms with Gasteiger partial charge in [-0.2, -0.15) is 0 Å². The molecule has 0 aromatic heterocycles. The Morgan fingerprint density at radius 1 is 0.571 bits per heavy atom. The molecule has 2 unspecified atom stereocenters. The van der Waals surface area contributed by atoms with Gasteiger partial charge < -0.3 is 23.7 Å². The third kappa shape index (κ3) is 10.6. The molecule has 0 bridgehead atoms. The number of carbonyl (C=O) groups is 6. The van der Waals surface area contributed by atoms with Crippen LogP contribution in [0.4, 0.5) is 0 Å². The largest absolute Gasteiger partial charge is 0.497 e. The zero-order valence-electron chi connectivity index (χ0n) is 35.9. The molecule has 0 N–H and O–H groups in total. The SMILES string of the molecule is C=C(C)C(=O)OCC(COC(=O)C(=C)C)OC(=O)CCC(=O)Oc1cccc(C(C)C2=C/C(=C3/C=C(C(C)c4cccc(OC)c4)C(=O)c4ccccc43)c3ccccc3C2=O)c1. The maximum atomic E-state index is 14.3. The first-order valence-corrected chi connectivity index (χ1v) is 20.4. The third-order valence-corrected chi connectivity index (χ3v) is 10.8. The molecule has 0 saturated carbocycles. The first kappa shape index (κ1) is 45.1. The fraction of sp³-hybridized carbons (Fsp3) is 0.231. The smallest absolute Gasteiger partial charge is 0.333 e. The second-order valence-electron chi connectivity index (χ2n) is 15.4. The van der Waals surface area contributed by atoms with E-state index in [2.05, 4.69) is 13.2 Å². The molecule has 0 radical (unpaired) electrons. The third-order valence-electron chi connectivity index (χ3n) is 10.8. The lowest BCUT2D eigenvalue weighted by Crippen LogP contribution is -2.31. The van der Waals surface area contributed by atoms with Crippen LogP contribution >= 0.6 is 0 Å². The molecule has 11 nitrogen and oxygen atoms in total. The lowest BCUT2D eigenvalue weighted by Gasteiger charge is -2.28. The Kier molecular flexibility index (Phi) is 14.3. The average Bonchev–Trinajstić information content (AvgIpc) is 3.29. The molecule has 322 valence electrons. The molecule has 2 aliphatic rings. The molecule has 0 fully saturated rings. The summed E-state index contributed by atoms with van der Waals surface area (Å²) in [5, 5.41) is 0. The predicted octanol–water partition coefficient (Wildman–Crippen LogP) is 9.29. The van der Waals surface area contributed by atoms with Crippen molar-refractivity contribution in [1.82, 2.24) is 0 Å². The first-order chi connectivity index (χ1) is 30.2. The quantitative estimate of drug-likeness (QED) is 0.0460. The van der Waals surface area contributed by atoms with E-state index in [-0.39, 0.29) is 47.2 Å². The Hall–Kier alpha value is -7.40. The van der Waals surface area contributed by atoms with Crippen LogP contribution in [0.15, 0.2) is 145 Å². The first-order valence-electron chi connectivity index (χ1n) is 20.4. The van der Waals surface area contributed by atoms with Crippen molar-refractivity contribution in [3.63, 3.8) is 0 Å². The lowest BCUT2D eigenvalue weighted by atomic mass is 9.74. The van der Waals surface area contributed by atoms with Gasteiger partial charge in [-0.05, 0) is 83.7 Å². The van der Waals surface area contributed by atoms with Crippen molar-refractivity contribution in [3.05, 3.63) is 178 Å². The molecular formula is C52H48O11. The number of Topliss-reactive ketones (excluding diaryl/α,β-unsaturated/α-hetero) is 2. The Balaban J connectivity index is 1.24. The highest BCUT2D eigenvalue weighted by Gasteiger charge is 2.33. The summed E-state index contributed by atoms with van der Waals surface area (Å²) in [5.41, 5.74) is 7.19. The predicted molar refractivity (Wildman–Crippen MR) is 237 cm³/mol. The van der Waals surface area contributed by atoms with Gasteiger partial charge >= 0.3 is 23.9 Å². The molecule has 0 saturated heterocycles. The van der Waals surface area contributed by atoms with Crippen LogP contribution in [0.5, 0.6) is 11.5 Å². The second-order valence-corrected chi connectivity index (χ2v) is 15.4. The van der Waals surface area contributed by atoms with Crippen molar-refractivity contribution in [2.24, 2.45) is 0 Å². The summed E-state index contributed by atoms with van der Waals surface area (Å²) in [4.78, 5) is 78.1. The van der Waals surface area contributed by atoms with Crippen molar-refractivity contribution < 1.29 is 52.5 Å². The number of allylic oxidation sites excluding steroid dienone is 6. The highest BCUT2D eigenvalue weighted by molar-refractivity contribution is 6.24. The number of carbonyl (C=O) groups excluding carboxylic acids is 6. The number of benzene rings is 4. The zero-order chi connectivity index (χ0) is 45.4. The van der Waals surface area contributed by atoms with E-state index >= 15 is 0 Å². The molecule has 0 amide bonds. The molecule has 0 aliphatic heterocycles. The zero-order valence-corrected chi connectivity index (χ0v) is 35.9. The summed E-state index contributed by atoms with van der Waals surface area (Å²) < 4.78 is 26.6. The summed E-state index contributed by atoms with van der Waals surface area (Å²) >= 11 is 0. The van der Waals surface area contributed by atoms with Crippen LogP contribution in [-0.2, 0) is 33.4 Å². The molecular weight excluding hydrogens is 801 g/mol. The van der Waals surface area contributed by atoms with Crippen molar-refractivity contribution in [1.29, 1.82) is 0 Å². The van der Waals surface area contributed by atoms with Crippen molar-refractivity contribution in [2.75, 3.05) is 20.3 Å². The average molecular weight is 849 g/mol. The standard InChI is InChI=1S/C52H48O11/c1-30(2)51(57)60-28-38(29-61-52(58)31(3)4)63-48(54)23-22-47(53)62-37-17-13-15-35(25-37)33(6)44-27-46(40-19-9-11-21-42(40)50(44)56)45-26-43(49(55)41-20-10-8-18-39(41)45)32(5)34-14-12-16-36(24-34)59-7/h8-21,24-27,32-33,38H,1,3,22-23,28-29H2,2,4-7H3/b46-45+. The van der Waals surface area contributed by atoms with E-state index in [9.17, 15) is 28.8 Å². The highest BCUT2D eigenvalue weighted by Crippen LogP contribution is 2.44. The minimum absolute atomic E-state index is 0.0707. The monoisotopic (exact) mass is 848 g/mol. The van der Waals surface area contributed by atoms with E-state index < -0.39 is 49.1 Å². The van der Waals surface area contributed by atoms with Crippen molar-refractivity contribution in [3.8, 4) is 11.5 Å². The van der Waals surface area contributed by atoms with Gasteiger partial charge in [-0.3, -0.25) is 19.2 Å². The summed E-state index contributed by atoms with van der Waals surface area (Å²) in [6, 6.07) is 29.4. The number of esters is 4. The molecule has 4 aromatic carbocycles. The number of methoxy groups -OCH3 is 1. The Labute approximate surface area is 366 Å². The topological polar surface area (TPSA) is 149 Å². The molecule has 0 spiro atoms. The molecule has 2 aliphatic carbocycles. The fourth-order valence-electron chi connectivity index (χ4n) is 7.28. The van der Waals surface area contributed by atoms with E-state index in [0.717, 1.165) is 27.8 Å². The molecule has 0 heterocycles. The van der Waals surface area contributed by atoms with Gasteiger partial charge in [0.2, 0.25) is 0 Å². The van der Waals surface area contributed by atoms with Crippen LogP contribution in [0.2, 0.25) is 0 Å². The van der Waals surface area contributed by atoms with Crippen LogP contribution in [0.1, 0.15) is 95.3 Å². The Morgan fingerprint density at radius 3 is 1.46 bits per heavy atom. The number of hydrogen-bond donors (Lipinski definition) is 0. The lowest BCUT2D eigenvalue weighted by molar-refractivity contribution is -0.165. The summed E-state index contributed by atoms with van der Waals surface area (Å²) in [6.07, 6.45) is 1.97. The molecule has 2 atom stereocenters. The van der Waals surface area contributed by atoms with Gasteiger partial charge in [0.1, 0.15) is 24.7 Å². The van der Waals surface area contributed by atoms with E-state index in [4.69, 9.17) is 23.7 Å². The van der Waals surface area contributed by atoms with Crippen LogP contribution < -0.4 is 9.47 Å². The van der Waals surface area contributed by atoms with Crippen LogP contribution in [-0.4, -0.2) is 61.9 Å². The van der Waals surface area contributed by atoms with Gasteiger partial charge in [-0.25, -0.2) is 9.59 Å². The van der Waals surface area contributed by atoms with Gasteiger partial charge in [-0.1, -0.05) is 99.8 Å². The van der Waals surface area contributed by atoms with E-state index in [1.54, 1.807) is 31.4 Å². The molecule has 6 rings (SSSR count). The molecule has 4 aromatic rings. The van der Waals surface area contributed by atoms with Crippen molar-refractivity contribution >= 4 is 46.6 Å². The molecule has 11 heteroatoms. The number of hydrogen-bond acceptors (Lipinski definition) is 11. The number of rotatable bonds is 16. The fourth-order valence-corrected chi connectivity index (χ4v) is 7.28. The van der Waals surface area contributed by atoms with Crippen LogP contribution in [0, 0.1) is 0 Å². The van der Waals surface area contributed by atoms with Gasteiger partial charge in [0.25, 0.3) is 0 Å². The van der Waals surface area contributed by atoms with Gasteiger partial charge in [-0.15, -0.1) is 0 Å². The summed E-state index contributed by atoms with van der Waals surface area (Å²) in [6.45, 7) is 13.0. The van der Waals surface area contributed by atoms with Crippen LogP contribution in [0.3, 0.4) is 0 Å². The Bertz CT molecular complexity index is 2590. The Morgan fingerprint density at radius 2 is 1.00 bits per heavy atom. The van der Waals surface area contributed by atoms with Crippen LogP contribution in [0.25, 0.3) is 11.1 Å². The van der Waals surface area contributed by atoms with E-state index in [0.29, 0.717) is 33.6 Å². The normalized spacial score (nSPS) is 15.1. The van der Waals surface area contributed by atoms with E-state index in [1.807, 2.05) is 98.8 Å². The number of ether oxygens (including phenoxy) is 5. The minimum Gasteiger partial charge on any atom is -0.497 e. The van der Waals surface area contributed by atoms with Crippen molar-refractivity contribution in [2.45, 2.75) is 58.5 Å². The number of ketones is 2. The van der Waals surface area contributed by atoms with Gasteiger partial charge in [0.15, 0.2) is 17.7 Å². The highest BCUT2D eigenvalue weighted by atomic mass is 16.6.